The molecule has 3 heterocycles. The van der Waals surface area contributed by atoms with E-state index in [0.717, 1.165) is 61.5 Å². The summed E-state index contributed by atoms with van der Waals surface area (Å²) in [4.78, 5) is 6.60. The molecular weight excluding hydrogens is 401 g/mol. The van der Waals surface area contributed by atoms with E-state index in [1.807, 2.05) is 6.34 Å². The molecule has 4 aliphatic rings. The van der Waals surface area contributed by atoms with Crippen molar-refractivity contribution in [2.45, 2.75) is 69.9 Å². The van der Waals surface area contributed by atoms with Crippen LogP contribution in [0.1, 0.15) is 63.5 Å². The molecule has 0 amide bonds. The lowest BCUT2D eigenvalue weighted by atomic mass is 9.83. The van der Waals surface area contributed by atoms with Crippen molar-refractivity contribution in [3.05, 3.63) is 64.2 Å². The fourth-order valence-corrected chi connectivity index (χ4v) is 5.45. The van der Waals surface area contributed by atoms with E-state index in [0.29, 0.717) is 11.7 Å². The number of hydrogen-bond donors (Lipinski definition) is 1. The molecule has 158 valence electrons. The Labute approximate surface area is 182 Å². The second kappa shape index (κ2) is 8.06. The third-order valence-corrected chi connectivity index (χ3v) is 7.08. The molecule has 5 nitrogen and oxygen atoms in total. The standard InChI is InChI=1S/C23H27ClFN5/c1-2-21-18-10-7-16(24)12-20(18)27-13-22-29(21)14-28-30(22)17-8-5-15(6-9-17)23-19(25)4-3-11-26-23/h3-4,11-15,17,21,27H,2,5-10H2,1H3. The van der Waals surface area contributed by atoms with Crippen LogP contribution in [0.25, 0.3) is 0 Å². The number of allylic oxidation sites excluding steroid dienone is 2. The molecule has 1 aromatic rings. The first kappa shape index (κ1) is 19.6. The molecule has 5 rings (SSSR count). The maximum absolute atomic E-state index is 14.2. The van der Waals surface area contributed by atoms with Gasteiger partial charge in [0.05, 0.1) is 17.8 Å². The molecule has 1 N–H and O–H groups in total. The molecule has 0 bridgehead atoms. The number of fused-ring (bicyclic) bond motifs is 1. The van der Waals surface area contributed by atoms with Crippen LogP contribution in [0, 0.1) is 5.82 Å². The van der Waals surface area contributed by atoms with Gasteiger partial charge in [-0.25, -0.2) is 9.40 Å². The van der Waals surface area contributed by atoms with Crippen molar-refractivity contribution in [2.24, 2.45) is 5.10 Å². The Bertz CT molecular complexity index is 945. The smallest absolute Gasteiger partial charge is 0.147 e. The molecule has 2 aliphatic carbocycles. The monoisotopic (exact) mass is 427 g/mol. The Morgan fingerprint density at radius 2 is 2.07 bits per heavy atom. The van der Waals surface area contributed by atoms with Crippen LogP contribution < -0.4 is 5.32 Å². The highest BCUT2D eigenvalue weighted by molar-refractivity contribution is 6.29. The van der Waals surface area contributed by atoms with Gasteiger partial charge in [-0.15, -0.1) is 0 Å². The quantitative estimate of drug-likeness (QED) is 0.723. The molecule has 1 saturated carbocycles. The summed E-state index contributed by atoms with van der Waals surface area (Å²) in [5.74, 6) is 1.10. The maximum Gasteiger partial charge on any atom is 0.147 e. The van der Waals surface area contributed by atoms with E-state index in [1.165, 1.54) is 11.6 Å². The molecule has 0 saturated heterocycles. The highest BCUT2D eigenvalue weighted by atomic mass is 35.5. The summed E-state index contributed by atoms with van der Waals surface area (Å²) in [5, 5.41) is 11.3. The number of hydrogen-bond acceptors (Lipinski definition) is 5. The number of hydrazone groups is 1. The highest BCUT2D eigenvalue weighted by Gasteiger charge is 2.38. The lowest BCUT2D eigenvalue weighted by Crippen LogP contribution is -2.39. The van der Waals surface area contributed by atoms with Gasteiger partial charge in [0.25, 0.3) is 0 Å². The summed E-state index contributed by atoms with van der Waals surface area (Å²) in [6.07, 6.45) is 14.5. The molecule has 2 aliphatic heterocycles. The van der Waals surface area contributed by atoms with Gasteiger partial charge in [0.2, 0.25) is 0 Å². The van der Waals surface area contributed by atoms with E-state index in [-0.39, 0.29) is 17.8 Å². The average molecular weight is 428 g/mol. The Hall–Kier alpha value is -2.34. The zero-order valence-corrected chi connectivity index (χ0v) is 17.9. The molecular formula is C23H27ClFN5. The second-order valence-electron chi connectivity index (χ2n) is 8.46. The first-order valence-corrected chi connectivity index (χ1v) is 11.3. The van der Waals surface area contributed by atoms with E-state index < -0.39 is 0 Å². The molecule has 7 heteroatoms. The third-order valence-electron chi connectivity index (χ3n) is 6.78. The molecule has 1 atom stereocenters. The van der Waals surface area contributed by atoms with Crippen LogP contribution in [0.5, 0.6) is 0 Å². The van der Waals surface area contributed by atoms with Gasteiger partial charge in [0, 0.05) is 29.0 Å². The molecule has 1 aromatic heterocycles. The summed E-state index contributed by atoms with van der Waals surface area (Å²) in [6, 6.07) is 3.77. The molecule has 0 aromatic carbocycles. The lowest BCUT2D eigenvalue weighted by Gasteiger charge is -2.36. The summed E-state index contributed by atoms with van der Waals surface area (Å²) in [6.45, 7) is 2.22. The van der Waals surface area contributed by atoms with Crippen molar-refractivity contribution in [1.29, 1.82) is 0 Å². The van der Waals surface area contributed by atoms with Crippen LogP contribution in [0.15, 0.2) is 57.8 Å². The number of nitrogens with zero attached hydrogens (tertiary/aromatic N) is 4. The van der Waals surface area contributed by atoms with E-state index in [2.05, 4.69) is 39.4 Å². The van der Waals surface area contributed by atoms with E-state index in [4.69, 9.17) is 16.7 Å². The van der Waals surface area contributed by atoms with Crippen molar-refractivity contribution >= 4 is 17.9 Å². The number of halogens is 2. The van der Waals surface area contributed by atoms with Crippen molar-refractivity contribution in [2.75, 3.05) is 0 Å². The Kier molecular flexibility index (Phi) is 5.27. The van der Waals surface area contributed by atoms with E-state index >= 15 is 0 Å². The topological polar surface area (TPSA) is 43.8 Å². The van der Waals surface area contributed by atoms with Gasteiger partial charge >= 0.3 is 0 Å². The minimum absolute atomic E-state index is 0.184. The van der Waals surface area contributed by atoms with Crippen molar-refractivity contribution < 1.29 is 4.39 Å². The van der Waals surface area contributed by atoms with Gasteiger partial charge < -0.3 is 10.2 Å². The number of nitrogens with one attached hydrogen (secondary N) is 1. The van der Waals surface area contributed by atoms with Crippen LogP contribution in [-0.2, 0) is 0 Å². The molecule has 0 spiro atoms. The summed E-state index contributed by atoms with van der Waals surface area (Å²) in [7, 11) is 0. The minimum atomic E-state index is -0.184. The van der Waals surface area contributed by atoms with Gasteiger partial charge in [-0.3, -0.25) is 4.98 Å². The van der Waals surface area contributed by atoms with Gasteiger partial charge in [-0.2, -0.15) is 5.10 Å². The highest BCUT2D eigenvalue weighted by Crippen LogP contribution is 2.40. The van der Waals surface area contributed by atoms with E-state index in [9.17, 15) is 4.39 Å². The van der Waals surface area contributed by atoms with Gasteiger partial charge in [-0.05, 0) is 68.7 Å². The Morgan fingerprint density at radius 1 is 1.23 bits per heavy atom. The lowest BCUT2D eigenvalue weighted by molar-refractivity contribution is 0.174. The maximum atomic E-state index is 14.2. The van der Waals surface area contributed by atoms with Crippen LogP contribution in [0.2, 0.25) is 0 Å². The molecule has 1 unspecified atom stereocenters. The SMILES string of the molecule is CCC1C2=C(C=C(Cl)CC2)NC=C2N1C=NN2C1CCC(c2ncccc2F)CC1. The zero-order valence-electron chi connectivity index (χ0n) is 17.2. The summed E-state index contributed by atoms with van der Waals surface area (Å²) in [5.41, 5.74) is 3.14. The predicted molar refractivity (Wildman–Crippen MR) is 117 cm³/mol. The number of rotatable bonds is 3. The van der Waals surface area contributed by atoms with Gasteiger partial charge in [0.1, 0.15) is 18.0 Å². The first-order chi connectivity index (χ1) is 14.7. The Balaban J connectivity index is 1.33. The van der Waals surface area contributed by atoms with Crippen LogP contribution in [-0.4, -0.2) is 33.3 Å². The van der Waals surface area contributed by atoms with Crippen LogP contribution >= 0.6 is 11.6 Å². The summed E-state index contributed by atoms with van der Waals surface area (Å²) >= 11 is 6.31. The van der Waals surface area contributed by atoms with Crippen LogP contribution in [0.3, 0.4) is 0 Å². The largest absolute Gasteiger partial charge is 0.358 e. The average Bonchev–Trinajstić information content (AvgIpc) is 3.11. The van der Waals surface area contributed by atoms with Crippen molar-refractivity contribution in [3.8, 4) is 0 Å². The first-order valence-electron chi connectivity index (χ1n) is 10.9. The second-order valence-corrected chi connectivity index (χ2v) is 8.95. The van der Waals surface area contributed by atoms with Crippen molar-refractivity contribution in [3.63, 3.8) is 0 Å². The predicted octanol–water partition coefficient (Wildman–Crippen LogP) is 5.16. The fourth-order valence-electron chi connectivity index (χ4n) is 5.25. The zero-order chi connectivity index (χ0) is 20.7. The van der Waals surface area contributed by atoms with E-state index in [1.54, 1.807) is 12.3 Å². The van der Waals surface area contributed by atoms with Gasteiger partial charge in [-0.1, -0.05) is 18.5 Å². The molecule has 1 fully saturated rings. The number of aromatic nitrogens is 1. The minimum Gasteiger partial charge on any atom is -0.358 e. The van der Waals surface area contributed by atoms with Crippen LogP contribution in [0.4, 0.5) is 4.39 Å². The van der Waals surface area contributed by atoms with Gasteiger partial charge in [0.15, 0.2) is 0 Å². The fraction of sp³-hybridized carbons (Fsp3) is 0.478. The molecule has 30 heavy (non-hydrogen) atoms. The number of pyridine rings is 1. The summed E-state index contributed by atoms with van der Waals surface area (Å²) < 4.78 is 14.2. The normalized spacial score (nSPS) is 28.4. The van der Waals surface area contributed by atoms with Crippen molar-refractivity contribution in [1.82, 2.24) is 20.2 Å². The molecule has 0 radical (unpaired) electrons. The third kappa shape index (κ3) is 3.41. The Morgan fingerprint density at radius 3 is 2.83 bits per heavy atom.